The van der Waals surface area contributed by atoms with Gasteiger partial charge in [-0.05, 0) is 30.7 Å². The normalized spacial score (nSPS) is 12.4. The van der Waals surface area contributed by atoms with E-state index in [9.17, 15) is 9.50 Å². The van der Waals surface area contributed by atoms with Crippen molar-refractivity contribution in [1.82, 2.24) is 5.32 Å². The molecule has 1 aromatic rings. The molecule has 1 atom stereocenters. The van der Waals surface area contributed by atoms with Gasteiger partial charge in [0.15, 0.2) is 11.6 Å². The summed E-state index contributed by atoms with van der Waals surface area (Å²) >= 11 is 0. The molecule has 4 nitrogen and oxygen atoms in total. The molecular weight excluding hydrogens is 273 g/mol. The van der Waals surface area contributed by atoms with Crippen LogP contribution in [0.15, 0.2) is 18.2 Å². The highest BCUT2D eigenvalue weighted by Gasteiger charge is 2.09. The molecule has 2 N–H and O–H groups in total. The minimum Gasteiger partial charge on any atom is -0.488 e. The number of nitrogens with one attached hydrogen (secondary N) is 1. The molecule has 0 aliphatic rings. The van der Waals surface area contributed by atoms with Gasteiger partial charge in [-0.15, -0.1) is 0 Å². The van der Waals surface area contributed by atoms with E-state index < -0.39 is 11.9 Å². The van der Waals surface area contributed by atoms with Gasteiger partial charge in [0, 0.05) is 13.2 Å². The molecule has 1 unspecified atom stereocenters. The van der Waals surface area contributed by atoms with Crippen molar-refractivity contribution in [3.8, 4) is 5.75 Å². The SMILES string of the molecule is CCCCOCC(O)COc1ccc(CNCC)cc1F. The second kappa shape index (κ2) is 10.5. The van der Waals surface area contributed by atoms with Crippen molar-refractivity contribution >= 4 is 0 Å². The highest BCUT2D eigenvalue weighted by Crippen LogP contribution is 2.18. The zero-order chi connectivity index (χ0) is 15.5. The third kappa shape index (κ3) is 7.41. The van der Waals surface area contributed by atoms with E-state index >= 15 is 0 Å². The molecule has 0 aromatic heterocycles. The molecule has 0 amide bonds. The van der Waals surface area contributed by atoms with Crippen LogP contribution in [0.5, 0.6) is 5.75 Å². The number of halogens is 1. The Hall–Kier alpha value is -1.17. The smallest absolute Gasteiger partial charge is 0.165 e. The standard InChI is InChI=1S/C16H26FNO3/c1-3-5-8-20-11-14(19)12-21-16-7-6-13(9-15(16)17)10-18-4-2/h6-7,9,14,18-19H,3-5,8,10-12H2,1-2H3. The summed E-state index contributed by atoms with van der Waals surface area (Å²) in [7, 11) is 0. The third-order valence-corrected chi connectivity index (χ3v) is 2.96. The zero-order valence-electron chi connectivity index (χ0n) is 12.9. The van der Waals surface area contributed by atoms with E-state index in [1.807, 2.05) is 13.0 Å². The molecule has 0 saturated carbocycles. The van der Waals surface area contributed by atoms with E-state index in [-0.39, 0.29) is 19.0 Å². The fourth-order valence-corrected chi connectivity index (χ4v) is 1.74. The van der Waals surface area contributed by atoms with Crippen molar-refractivity contribution in [2.24, 2.45) is 0 Å². The molecule has 0 saturated heterocycles. The van der Waals surface area contributed by atoms with Crippen LogP contribution in [0.3, 0.4) is 0 Å². The van der Waals surface area contributed by atoms with Crippen molar-refractivity contribution in [1.29, 1.82) is 0 Å². The lowest BCUT2D eigenvalue weighted by Crippen LogP contribution is -2.24. The summed E-state index contributed by atoms with van der Waals surface area (Å²) in [5.41, 5.74) is 0.866. The van der Waals surface area contributed by atoms with E-state index in [1.165, 1.54) is 6.07 Å². The first-order chi connectivity index (χ1) is 10.2. The Balaban J connectivity index is 2.34. The van der Waals surface area contributed by atoms with Gasteiger partial charge in [0.1, 0.15) is 12.7 Å². The molecule has 0 bridgehead atoms. The molecular formula is C16H26FNO3. The summed E-state index contributed by atoms with van der Waals surface area (Å²) < 4.78 is 24.4. The second-order valence-corrected chi connectivity index (χ2v) is 4.94. The molecule has 21 heavy (non-hydrogen) atoms. The van der Waals surface area contributed by atoms with E-state index in [2.05, 4.69) is 12.2 Å². The Morgan fingerprint density at radius 3 is 2.76 bits per heavy atom. The number of ether oxygens (including phenoxy) is 2. The minimum atomic E-state index is -0.748. The number of benzene rings is 1. The largest absolute Gasteiger partial charge is 0.488 e. The monoisotopic (exact) mass is 299 g/mol. The van der Waals surface area contributed by atoms with Gasteiger partial charge in [0.05, 0.1) is 6.61 Å². The highest BCUT2D eigenvalue weighted by atomic mass is 19.1. The first-order valence-corrected chi connectivity index (χ1v) is 7.55. The van der Waals surface area contributed by atoms with Crippen molar-refractivity contribution < 1.29 is 19.0 Å². The van der Waals surface area contributed by atoms with Crippen LogP contribution in [0, 0.1) is 5.82 Å². The maximum absolute atomic E-state index is 13.8. The Morgan fingerprint density at radius 1 is 1.29 bits per heavy atom. The zero-order valence-corrected chi connectivity index (χ0v) is 12.9. The van der Waals surface area contributed by atoms with Gasteiger partial charge in [-0.3, -0.25) is 0 Å². The molecule has 0 radical (unpaired) electrons. The summed E-state index contributed by atoms with van der Waals surface area (Å²) in [4.78, 5) is 0. The van der Waals surface area contributed by atoms with E-state index in [4.69, 9.17) is 9.47 Å². The lowest BCUT2D eigenvalue weighted by molar-refractivity contribution is 0.0106. The van der Waals surface area contributed by atoms with Gasteiger partial charge < -0.3 is 19.9 Å². The fourth-order valence-electron chi connectivity index (χ4n) is 1.74. The predicted molar refractivity (Wildman–Crippen MR) is 81.0 cm³/mol. The van der Waals surface area contributed by atoms with Crippen LogP contribution in [-0.2, 0) is 11.3 Å². The average molecular weight is 299 g/mol. The van der Waals surface area contributed by atoms with Gasteiger partial charge in [-0.1, -0.05) is 26.3 Å². The summed E-state index contributed by atoms with van der Waals surface area (Å²) in [6, 6.07) is 4.85. The first-order valence-electron chi connectivity index (χ1n) is 7.55. The quantitative estimate of drug-likeness (QED) is 0.616. The van der Waals surface area contributed by atoms with Crippen LogP contribution in [0.25, 0.3) is 0 Å². The number of hydrogen-bond donors (Lipinski definition) is 2. The van der Waals surface area contributed by atoms with E-state index in [1.54, 1.807) is 6.07 Å². The molecule has 0 heterocycles. The molecule has 0 spiro atoms. The molecule has 5 heteroatoms. The highest BCUT2D eigenvalue weighted by molar-refractivity contribution is 5.29. The van der Waals surface area contributed by atoms with Gasteiger partial charge in [0.2, 0.25) is 0 Å². The number of aliphatic hydroxyl groups excluding tert-OH is 1. The summed E-state index contributed by atoms with van der Waals surface area (Å²) in [5.74, 6) is -0.257. The third-order valence-electron chi connectivity index (χ3n) is 2.96. The minimum absolute atomic E-state index is 0.0234. The molecule has 120 valence electrons. The van der Waals surface area contributed by atoms with Gasteiger partial charge in [-0.2, -0.15) is 0 Å². The van der Waals surface area contributed by atoms with Crippen LogP contribution < -0.4 is 10.1 Å². The fraction of sp³-hybridized carbons (Fsp3) is 0.625. The number of aliphatic hydroxyl groups is 1. The number of rotatable bonds is 11. The average Bonchev–Trinajstić information content (AvgIpc) is 2.48. The molecule has 1 aromatic carbocycles. The van der Waals surface area contributed by atoms with Crippen LogP contribution in [0.2, 0.25) is 0 Å². The van der Waals surface area contributed by atoms with Gasteiger partial charge in [-0.25, -0.2) is 4.39 Å². The maximum atomic E-state index is 13.8. The van der Waals surface area contributed by atoms with Crippen LogP contribution in [0.4, 0.5) is 4.39 Å². The maximum Gasteiger partial charge on any atom is 0.165 e. The van der Waals surface area contributed by atoms with Crippen molar-refractivity contribution in [3.63, 3.8) is 0 Å². The Morgan fingerprint density at radius 2 is 2.10 bits per heavy atom. The number of unbranched alkanes of at least 4 members (excludes halogenated alkanes) is 1. The van der Waals surface area contributed by atoms with Gasteiger partial charge >= 0.3 is 0 Å². The molecule has 0 aliphatic carbocycles. The molecule has 0 fully saturated rings. The molecule has 1 rings (SSSR count). The first kappa shape index (κ1) is 17.9. The predicted octanol–water partition coefficient (Wildman–Crippen LogP) is 2.49. The lowest BCUT2D eigenvalue weighted by atomic mass is 10.2. The molecule has 0 aliphatic heterocycles. The summed E-state index contributed by atoms with van der Waals surface area (Å²) in [6.07, 6.45) is 1.27. The Bertz CT molecular complexity index is 401. The topological polar surface area (TPSA) is 50.7 Å². The summed E-state index contributed by atoms with van der Waals surface area (Å²) in [5, 5.41) is 12.8. The van der Waals surface area contributed by atoms with Gasteiger partial charge in [0.25, 0.3) is 0 Å². The van der Waals surface area contributed by atoms with Crippen molar-refractivity contribution in [3.05, 3.63) is 29.6 Å². The van der Waals surface area contributed by atoms with Crippen molar-refractivity contribution in [2.45, 2.75) is 39.3 Å². The van der Waals surface area contributed by atoms with E-state index in [0.717, 1.165) is 24.9 Å². The lowest BCUT2D eigenvalue weighted by Gasteiger charge is -2.13. The van der Waals surface area contributed by atoms with Crippen LogP contribution in [0.1, 0.15) is 32.3 Å². The van der Waals surface area contributed by atoms with E-state index in [0.29, 0.717) is 13.2 Å². The number of hydrogen-bond acceptors (Lipinski definition) is 4. The Kier molecular flexibility index (Phi) is 8.98. The van der Waals surface area contributed by atoms with Crippen LogP contribution in [-0.4, -0.2) is 37.6 Å². The van der Waals surface area contributed by atoms with Crippen molar-refractivity contribution in [2.75, 3.05) is 26.4 Å². The van der Waals surface area contributed by atoms with Crippen LogP contribution >= 0.6 is 0 Å². The second-order valence-electron chi connectivity index (χ2n) is 4.94. The summed E-state index contributed by atoms with van der Waals surface area (Å²) in [6.45, 7) is 6.39. The Labute approximate surface area is 126 Å².